The number of amides is 2. The summed E-state index contributed by atoms with van der Waals surface area (Å²) in [6.07, 6.45) is 6.37. The van der Waals surface area contributed by atoms with Gasteiger partial charge in [-0.25, -0.2) is 4.98 Å². The fourth-order valence-electron chi connectivity index (χ4n) is 2.90. The Hall–Kier alpha value is -2.47. The first-order valence-electron chi connectivity index (χ1n) is 8.57. The third-order valence-corrected chi connectivity index (χ3v) is 5.13. The van der Waals surface area contributed by atoms with Crippen LogP contribution in [0.3, 0.4) is 0 Å². The van der Waals surface area contributed by atoms with Gasteiger partial charge in [-0.15, -0.1) is 0 Å². The monoisotopic (exact) mass is 413 g/mol. The quantitative estimate of drug-likeness (QED) is 0.776. The normalized spacial score (nSPS) is 15.2. The van der Waals surface area contributed by atoms with Crippen LogP contribution in [0.15, 0.2) is 59.2 Å². The standard InChI is InChI=1S/C20H20BrN3O2/c21-17-6-2-1-5-15(17)8-9-19(25)24-13-10-16(11-14-24)20(26)23-18-7-3-4-12-22-18/h1-9,12,16H,10-11,13-14H2,(H,22,23,26). The molecule has 5 nitrogen and oxygen atoms in total. The van der Waals surface area contributed by atoms with Crippen LogP contribution in [0.25, 0.3) is 6.08 Å². The molecule has 6 heteroatoms. The molecule has 3 rings (SSSR count). The van der Waals surface area contributed by atoms with Gasteiger partial charge in [0.15, 0.2) is 0 Å². The maximum atomic E-state index is 12.4. The molecule has 1 N–H and O–H groups in total. The van der Waals surface area contributed by atoms with E-state index in [4.69, 9.17) is 0 Å². The maximum Gasteiger partial charge on any atom is 0.246 e. The zero-order valence-electron chi connectivity index (χ0n) is 14.3. The second-order valence-electron chi connectivity index (χ2n) is 6.16. The van der Waals surface area contributed by atoms with E-state index in [0.29, 0.717) is 31.7 Å². The molecule has 1 saturated heterocycles. The van der Waals surface area contributed by atoms with Gasteiger partial charge in [-0.05, 0) is 42.7 Å². The third-order valence-electron chi connectivity index (χ3n) is 4.40. The number of piperidine rings is 1. The highest BCUT2D eigenvalue weighted by Gasteiger charge is 2.26. The molecular formula is C20H20BrN3O2. The number of hydrogen-bond donors (Lipinski definition) is 1. The molecule has 0 radical (unpaired) electrons. The Morgan fingerprint density at radius 1 is 1.12 bits per heavy atom. The van der Waals surface area contributed by atoms with E-state index >= 15 is 0 Å². The summed E-state index contributed by atoms with van der Waals surface area (Å²) >= 11 is 3.47. The number of halogens is 1. The molecule has 0 saturated carbocycles. The average molecular weight is 414 g/mol. The largest absolute Gasteiger partial charge is 0.339 e. The number of anilines is 1. The highest BCUT2D eigenvalue weighted by atomic mass is 79.9. The van der Waals surface area contributed by atoms with Crippen LogP contribution < -0.4 is 5.32 Å². The summed E-state index contributed by atoms with van der Waals surface area (Å²) in [6.45, 7) is 1.17. The summed E-state index contributed by atoms with van der Waals surface area (Å²) in [6, 6.07) is 13.2. The van der Waals surface area contributed by atoms with E-state index in [9.17, 15) is 9.59 Å². The van der Waals surface area contributed by atoms with E-state index in [1.54, 1.807) is 29.3 Å². The van der Waals surface area contributed by atoms with Crippen LogP contribution in [0.2, 0.25) is 0 Å². The number of nitrogens with zero attached hydrogens (tertiary/aromatic N) is 2. The summed E-state index contributed by atoms with van der Waals surface area (Å²) in [4.78, 5) is 30.6. The van der Waals surface area contributed by atoms with Crippen LogP contribution in [0.4, 0.5) is 5.82 Å². The van der Waals surface area contributed by atoms with Crippen LogP contribution in [0.5, 0.6) is 0 Å². The number of aromatic nitrogens is 1. The smallest absolute Gasteiger partial charge is 0.246 e. The first-order valence-corrected chi connectivity index (χ1v) is 9.36. The topological polar surface area (TPSA) is 62.3 Å². The number of benzene rings is 1. The summed E-state index contributed by atoms with van der Waals surface area (Å²) in [5.74, 6) is 0.421. The number of likely N-dealkylation sites (tertiary alicyclic amines) is 1. The number of carbonyl (C=O) groups excluding carboxylic acids is 2. The molecule has 1 aliphatic heterocycles. The number of hydrogen-bond acceptors (Lipinski definition) is 3. The minimum absolute atomic E-state index is 0.0238. The van der Waals surface area contributed by atoms with Gasteiger partial charge in [0, 0.05) is 35.8 Å². The van der Waals surface area contributed by atoms with Crippen molar-refractivity contribution in [2.75, 3.05) is 18.4 Å². The molecule has 0 spiro atoms. The summed E-state index contributed by atoms with van der Waals surface area (Å²) in [5.41, 5.74) is 0.963. The van der Waals surface area contributed by atoms with Crippen molar-refractivity contribution in [2.45, 2.75) is 12.8 Å². The van der Waals surface area contributed by atoms with Gasteiger partial charge in [-0.2, -0.15) is 0 Å². The molecular weight excluding hydrogens is 394 g/mol. The van der Waals surface area contributed by atoms with Crippen molar-refractivity contribution in [3.8, 4) is 0 Å². The number of pyridine rings is 1. The van der Waals surface area contributed by atoms with Crippen LogP contribution in [-0.4, -0.2) is 34.8 Å². The van der Waals surface area contributed by atoms with Crippen LogP contribution in [-0.2, 0) is 9.59 Å². The zero-order chi connectivity index (χ0) is 18.4. The third kappa shape index (κ3) is 4.79. The second-order valence-corrected chi connectivity index (χ2v) is 7.01. The van der Waals surface area contributed by atoms with Gasteiger partial charge in [-0.3, -0.25) is 9.59 Å². The van der Waals surface area contributed by atoms with Crippen molar-refractivity contribution in [3.05, 3.63) is 64.8 Å². The van der Waals surface area contributed by atoms with Crippen LogP contribution in [0.1, 0.15) is 18.4 Å². The Bertz CT molecular complexity index is 800. The van der Waals surface area contributed by atoms with Gasteiger partial charge in [-0.1, -0.05) is 40.2 Å². The van der Waals surface area contributed by atoms with Crippen molar-refractivity contribution < 1.29 is 9.59 Å². The van der Waals surface area contributed by atoms with E-state index in [1.807, 2.05) is 36.4 Å². The maximum absolute atomic E-state index is 12.4. The number of rotatable bonds is 4. The van der Waals surface area contributed by atoms with Crippen molar-refractivity contribution in [3.63, 3.8) is 0 Å². The molecule has 2 aromatic rings. The van der Waals surface area contributed by atoms with Crippen LogP contribution in [0, 0.1) is 5.92 Å². The molecule has 2 amide bonds. The predicted octanol–water partition coefficient (Wildman–Crippen LogP) is 3.73. The molecule has 1 fully saturated rings. The summed E-state index contributed by atoms with van der Waals surface area (Å²) in [5, 5.41) is 2.84. The van der Waals surface area contributed by atoms with Crippen molar-refractivity contribution in [1.82, 2.24) is 9.88 Å². The van der Waals surface area contributed by atoms with Crippen molar-refractivity contribution >= 4 is 39.6 Å². The minimum Gasteiger partial charge on any atom is -0.339 e. The average Bonchev–Trinajstić information content (AvgIpc) is 2.68. The molecule has 26 heavy (non-hydrogen) atoms. The lowest BCUT2D eigenvalue weighted by Gasteiger charge is -2.30. The lowest BCUT2D eigenvalue weighted by Crippen LogP contribution is -2.40. The van der Waals surface area contributed by atoms with E-state index in [1.165, 1.54) is 0 Å². The highest BCUT2D eigenvalue weighted by Crippen LogP contribution is 2.20. The Morgan fingerprint density at radius 2 is 1.85 bits per heavy atom. The van der Waals surface area contributed by atoms with Gasteiger partial charge in [0.2, 0.25) is 11.8 Å². The number of nitrogens with one attached hydrogen (secondary N) is 1. The van der Waals surface area contributed by atoms with Crippen molar-refractivity contribution in [2.24, 2.45) is 5.92 Å². The highest BCUT2D eigenvalue weighted by molar-refractivity contribution is 9.10. The summed E-state index contributed by atoms with van der Waals surface area (Å²) in [7, 11) is 0. The zero-order valence-corrected chi connectivity index (χ0v) is 15.9. The van der Waals surface area contributed by atoms with Crippen molar-refractivity contribution in [1.29, 1.82) is 0 Å². The van der Waals surface area contributed by atoms with Gasteiger partial charge in [0.05, 0.1) is 0 Å². The molecule has 1 aliphatic rings. The molecule has 134 valence electrons. The number of carbonyl (C=O) groups is 2. The van der Waals surface area contributed by atoms with E-state index in [2.05, 4.69) is 26.2 Å². The molecule has 0 bridgehead atoms. The van der Waals surface area contributed by atoms with Gasteiger partial charge in [0.1, 0.15) is 5.82 Å². The molecule has 0 atom stereocenters. The van der Waals surface area contributed by atoms with Gasteiger partial charge >= 0.3 is 0 Å². The molecule has 0 unspecified atom stereocenters. The summed E-state index contributed by atoms with van der Waals surface area (Å²) < 4.78 is 0.953. The molecule has 1 aromatic heterocycles. The van der Waals surface area contributed by atoms with Crippen LogP contribution >= 0.6 is 15.9 Å². The lowest BCUT2D eigenvalue weighted by atomic mass is 9.96. The molecule has 2 heterocycles. The predicted molar refractivity (Wildman–Crippen MR) is 105 cm³/mol. The first-order chi connectivity index (χ1) is 12.6. The van der Waals surface area contributed by atoms with E-state index < -0.39 is 0 Å². The van der Waals surface area contributed by atoms with E-state index in [-0.39, 0.29) is 17.7 Å². The SMILES string of the molecule is O=C(Nc1ccccn1)C1CCN(C(=O)C=Cc2ccccc2Br)CC1. The fraction of sp³-hybridized carbons (Fsp3) is 0.250. The molecule has 1 aromatic carbocycles. The Kier molecular flexibility index (Phi) is 6.17. The Balaban J connectivity index is 1.51. The lowest BCUT2D eigenvalue weighted by molar-refractivity contribution is -0.130. The first kappa shape index (κ1) is 18.3. The fourth-order valence-corrected chi connectivity index (χ4v) is 3.32. The Labute approximate surface area is 161 Å². The molecule has 0 aliphatic carbocycles. The minimum atomic E-state index is -0.0895. The van der Waals surface area contributed by atoms with Gasteiger partial charge < -0.3 is 10.2 Å². The van der Waals surface area contributed by atoms with E-state index in [0.717, 1.165) is 10.0 Å². The van der Waals surface area contributed by atoms with Gasteiger partial charge in [0.25, 0.3) is 0 Å². The Morgan fingerprint density at radius 3 is 2.54 bits per heavy atom. The second kappa shape index (κ2) is 8.76.